The highest BCUT2D eigenvalue weighted by molar-refractivity contribution is 8.19. The van der Waals surface area contributed by atoms with E-state index in [0.717, 1.165) is 113 Å². The van der Waals surface area contributed by atoms with Crippen LogP contribution in [0.5, 0.6) is 0 Å². The summed E-state index contributed by atoms with van der Waals surface area (Å²) in [5.74, 6) is -9.25. The number of carbonyl (C=O) groups is 16. The van der Waals surface area contributed by atoms with E-state index in [1.165, 1.54) is 19.3 Å². The van der Waals surface area contributed by atoms with Crippen LogP contribution in [0.2, 0.25) is 0 Å². The summed E-state index contributed by atoms with van der Waals surface area (Å²) in [5, 5.41) is 33.0. The quantitative estimate of drug-likeness (QED) is 0.0278. The summed E-state index contributed by atoms with van der Waals surface area (Å²) < 4.78 is 0. The number of carbonyl (C=O) groups excluding carboxylic acids is 12. The summed E-state index contributed by atoms with van der Waals surface area (Å²) in [4.78, 5) is 204. The fourth-order valence-electron chi connectivity index (χ4n) is 13.3. The summed E-state index contributed by atoms with van der Waals surface area (Å²) in [7, 11) is 0. The number of hydrogen-bond acceptors (Lipinski definition) is 20. The molecule has 28 nitrogen and oxygen atoms in total. The zero-order chi connectivity index (χ0) is 79.6. The SMILES string of the molecule is CCCCCCCCN1C(=O)/C(=C2\SC(=O)N(CC(=O)O)C2=O)c2ccccc21.CCCCCCCN1C(=O)/C(=C2\SC(=O)N(CC(=O)O)C2=O)c2ccccc21.CCCCCCN1C(=O)/C(=C2\SC(=O)N(CC(=O)O)C2=O)c2ccccc21.CCCCCN1C(=O)/C(=C2\SC(=O)N(CC(=O)O)C2=O)c2ccccc21. The Morgan fingerprint density at radius 3 is 0.655 bits per heavy atom. The first-order valence-electron chi connectivity index (χ1n) is 36.5. The fourth-order valence-corrected chi connectivity index (χ4v) is 17.0. The number of carboxylic acid groups (broad SMARTS) is 4. The van der Waals surface area contributed by atoms with Crippen molar-refractivity contribution in [3.05, 3.63) is 139 Å². The monoisotopic (exact) mass is 1580 g/mol. The van der Waals surface area contributed by atoms with Gasteiger partial charge in [-0.25, -0.2) is 0 Å². The number of rotatable bonds is 30. The topological polar surface area (TPSA) is 380 Å². The van der Waals surface area contributed by atoms with Gasteiger partial charge in [-0.15, -0.1) is 0 Å². The van der Waals surface area contributed by atoms with Gasteiger partial charge in [0.05, 0.1) is 64.7 Å². The van der Waals surface area contributed by atoms with Gasteiger partial charge in [-0.2, -0.15) is 0 Å². The third-order valence-corrected chi connectivity index (χ3v) is 22.5. The van der Waals surface area contributed by atoms with Crippen molar-refractivity contribution in [2.24, 2.45) is 0 Å². The maximum atomic E-state index is 13.2. The number of benzene rings is 4. The number of aliphatic carboxylic acids is 4. The van der Waals surface area contributed by atoms with Crippen molar-refractivity contribution in [3.8, 4) is 0 Å². The molecule has 0 unspecified atom stereocenters. The van der Waals surface area contributed by atoms with Gasteiger partial charge in [-0.3, -0.25) is 96.3 Å². The van der Waals surface area contributed by atoms with Crippen LogP contribution in [0.3, 0.4) is 0 Å². The van der Waals surface area contributed by atoms with E-state index >= 15 is 0 Å². The lowest BCUT2D eigenvalue weighted by molar-refractivity contribution is -0.141. The van der Waals surface area contributed by atoms with E-state index in [-0.39, 0.29) is 65.5 Å². The molecule has 4 aromatic carbocycles. The van der Waals surface area contributed by atoms with Crippen LogP contribution in [0.15, 0.2) is 117 Å². The molecule has 4 aromatic rings. The fraction of sp³-hybridized carbons (Fsp3) is 0.385. The number of amides is 12. The predicted molar refractivity (Wildman–Crippen MR) is 418 cm³/mol. The van der Waals surface area contributed by atoms with Crippen molar-refractivity contribution < 1.29 is 97.1 Å². The van der Waals surface area contributed by atoms with Gasteiger partial charge in [0.25, 0.3) is 68.2 Å². The first-order chi connectivity index (χ1) is 52.8. The number of hydrogen-bond donors (Lipinski definition) is 4. The second kappa shape index (κ2) is 38.8. The van der Waals surface area contributed by atoms with Crippen molar-refractivity contribution in [2.45, 2.75) is 143 Å². The molecular weight excluding hydrogens is 1500 g/mol. The van der Waals surface area contributed by atoms with E-state index < -0.39 is 94.6 Å². The van der Waals surface area contributed by atoms with Gasteiger partial charge in [-0.05, 0) is 97.0 Å². The van der Waals surface area contributed by atoms with Crippen LogP contribution in [0.1, 0.15) is 166 Å². The van der Waals surface area contributed by atoms with Crippen molar-refractivity contribution in [2.75, 3.05) is 72.0 Å². The summed E-state index contributed by atoms with van der Waals surface area (Å²) in [6.45, 7) is 7.82. The second-order valence-electron chi connectivity index (χ2n) is 26.3. The third kappa shape index (κ3) is 18.9. The van der Waals surface area contributed by atoms with Gasteiger partial charge in [0.15, 0.2) is 0 Å². The molecule has 4 N–H and O–H groups in total. The number of unbranched alkanes of at least 4 members (excludes halogenated alkanes) is 14. The lowest BCUT2D eigenvalue weighted by Gasteiger charge is -2.17. The Morgan fingerprint density at radius 1 is 0.255 bits per heavy atom. The van der Waals surface area contributed by atoms with E-state index in [4.69, 9.17) is 20.4 Å². The van der Waals surface area contributed by atoms with Gasteiger partial charge in [-0.1, -0.05) is 190 Å². The second-order valence-corrected chi connectivity index (χ2v) is 30.1. The van der Waals surface area contributed by atoms with E-state index in [1.807, 2.05) is 48.5 Å². The minimum absolute atomic E-state index is 0.00620. The number of carboxylic acids is 4. The zero-order valence-corrected chi connectivity index (χ0v) is 64.4. The van der Waals surface area contributed by atoms with Crippen molar-refractivity contribution in [3.63, 3.8) is 0 Å². The number of fused-ring (bicyclic) bond motifs is 4. The summed E-state index contributed by atoms with van der Waals surface area (Å²) in [6, 6.07) is 28.7. The standard InChI is InChI=1S/C21H24N2O5S.C20H22N2O5S.C19H20N2O5S.C18H18N2O5S/c1-2-3-4-5-6-9-12-22-15-11-8-7-10-14(15)17(19(22)26)18-20(27)23(13-16(24)25)21(28)29-18;1-2-3-4-5-8-11-21-14-10-7-6-9-13(14)16(18(21)25)17-19(26)22(12-15(23)24)20(27)28-17;1-2-3-4-7-10-20-13-9-6-5-8-12(13)15(17(20)24)16-18(25)21(11-14(22)23)19(26)27-16;1-2-3-6-9-19-12-8-5-4-7-11(12)14(16(19)23)15-17(24)20(10-13(21)22)18(25)26-15/h7-8,10-11H,2-6,9,12-13H2,1H3,(H,24,25);6-7,9-10H,2-5,8,11-12H2,1H3,(H,23,24);5-6,8-9H,2-4,7,10-11H2,1H3,(H,22,23);4-5,7-8H,2-3,6,9-10H2,1H3,(H,21,22)/b18-17-;17-16-;16-15-;15-14-. The maximum Gasteiger partial charge on any atom is 0.323 e. The molecule has 0 atom stereocenters. The Hall–Kier alpha value is -10.4. The van der Waals surface area contributed by atoms with E-state index in [1.54, 1.807) is 68.1 Å². The van der Waals surface area contributed by atoms with Gasteiger partial charge >= 0.3 is 23.9 Å². The van der Waals surface area contributed by atoms with Crippen LogP contribution >= 0.6 is 47.0 Å². The van der Waals surface area contributed by atoms with Crippen LogP contribution in [0.25, 0.3) is 22.3 Å². The van der Waals surface area contributed by atoms with Crippen LogP contribution < -0.4 is 19.6 Å². The molecule has 32 heteroatoms. The highest BCUT2D eigenvalue weighted by Gasteiger charge is 2.49. The van der Waals surface area contributed by atoms with Gasteiger partial charge < -0.3 is 40.0 Å². The van der Waals surface area contributed by atoms with E-state index in [0.29, 0.717) is 121 Å². The van der Waals surface area contributed by atoms with Gasteiger partial charge in [0, 0.05) is 48.4 Å². The molecule has 8 heterocycles. The highest BCUT2D eigenvalue weighted by Crippen LogP contribution is 2.49. The van der Waals surface area contributed by atoms with Crippen LogP contribution in [-0.4, -0.2) is 184 Å². The molecule has 12 rings (SSSR count). The molecule has 8 aliphatic heterocycles. The largest absolute Gasteiger partial charge is 0.480 e. The molecule has 580 valence electrons. The average molecular weight is 1580 g/mol. The van der Waals surface area contributed by atoms with Gasteiger partial charge in [0.2, 0.25) is 0 Å². The molecular formula is C78H84N8O20S4. The average Bonchev–Trinajstić information content (AvgIpc) is 1.62. The minimum atomic E-state index is -1.28. The zero-order valence-electron chi connectivity index (χ0n) is 61.2. The van der Waals surface area contributed by atoms with Crippen molar-refractivity contribution in [1.82, 2.24) is 19.6 Å². The first-order valence-corrected chi connectivity index (χ1v) is 39.7. The number of nitrogens with zero attached hydrogens (tertiary/aromatic N) is 8. The number of anilines is 4. The summed E-state index contributed by atoms with van der Waals surface area (Å²) in [5.41, 5.74) is 6.11. The summed E-state index contributed by atoms with van der Waals surface area (Å²) >= 11 is 2.52. The lowest BCUT2D eigenvalue weighted by atomic mass is 10.1. The smallest absolute Gasteiger partial charge is 0.323 e. The Bertz CT molecular complexity index is 4550. The summed E-state index contributed by atoms with van der Waals surface area (Å²) in [6.07, 6.45) is 18.7. The Kier molecular flexibility index (Phi) is 29.5. The van der Waals surface area contributed by atoms with Crippen LogP contribution in [0, 0.1) is 0 Å². The minimum Gasteiger partial charge on any atom is -0.480 e. The third-order valence-electron chi connectivity index (χ3n) is 18.6. The molecule has 0 bridgehead atoms. The highest BCUT2D eigenvalue weighted by atomic mass is 32.2. The molecule has 8 aliphatic rings. The maximum absolute atomic E-state index is 13.2. The van der Waals surface area contributed by atoms with Crippen LogP contribution in [0.4, 0.5) is 41.9 Å². The molecule has 0 aromatic heterocycles. The Morgan fingerprint density at radius 2 is 0.436 bits per heavy atom. The van der Waals surface area contributed by atoms with Gasteiger partial charge in [0.1, 0.15) is 26.2 Å². The normalized spacial score (nSPS) is 19.1. The molecule has 0 radical (unpaired) electrons. The molecule has 110 heavy (non-hydrogen) atoms. The number of thioether (sulfide) groups is 4. The first kappa shape index (κ1) is 83.6. The van der Waals surface area contributed by atoms with Crippen molar-refractivity contribution in [1.29, 1.82) is 0 Å². The van der Waals surface area contributed by atoms with Crippen molar-refractivity contribution >= 4 is 184 Å². The van der Waals surface area contributed by atoms with Crippen LogP contribution in [-0.2, 0) is 57.5 Å². The molecule has 0 spiro atoms. The molecule has 0 aliphatic carbocycles. The van der Waals surface area contributed by atoms with E-state index in [2.05, 4.69) is 27.7 Å². The Labute approximate surface area is 651 Å². The molecule has 4 saturated heterocycles. The molecule has 4 fully saturated rings. The number of para-hydroxylation sites is 4. The molecule has 0 saturated carbocycles. The lowest BCUT2D eigenvalue weighted by Crippen LogP contribution is -2.34. The molecule has 12 amide bonds. The Balaban J connectivity index is 0.000000169. The van der Waals surface area contributed by atoms with E-state index in [9.17, 15) is 76.7 Å². The number of imide groups is 4. The predicted octanol–water partition coefficient (Wildman–Crippen LogP) is 13.2.